The Morgan fingerprint density at radius 3 is 0.857 bits per heavy atom. The Labute approximate surface area is 336 Å². The van der Waals surface area contributed by atoms with Gasteiger partial charge in [0.1, 0.15) is 6.61 Å². The summed E-state index contributed by atoms with van der Waals surface area (Å²) in [6.45, 7) is 12.9. The third-order valence-electron chi connectivity index (χ3n) is 7.90. The van der Waals surface area contributed by atoms with Crippen LogP contribution in [0, 0.1) is 0 Å². The van der Waals surface area contributed by atoms with Crippen molar-refractivity contribution in [3.63, 3.8) is 0 Å². The maximum atomic E-state index is 11.4. The van der Waals surface area contributed by atoms with Gasteiger partial charge in [-0.15, -0.1) is 0 Å². The first-order chi connectivity index (χ1) is 27.6. The van der Waals surface area contributed by atoms with Gasteiger partial charge >= 0.3 is 11.9 Å². The van der Waals surface area contributed by atoms with Crippen LogP contribution in [0.3, 0.4) is 0 Å². The third kappa shape index (κ3) is 46.6. The number of hydrogen-bond acceptors (Lipinski definition) is 15. The van der Waals surface area contributed by atoms with Crippen LogP contribution in [0.4, 0.5) is 0 Å². The summed E-state index contributed by atoms with van der Waals surface area (Å²) in [6, 6.07) is 0. The highest BCUT2D eigenvalue weighted by atomic mass is 16.6. The number of unbranched alkanes of at least 4 members (excludes halogenated alkanes) is 10. The fraction of sp³-hybridized carbons (Fsp3) is 0.925. The van der Waals surface area contributed by atoms with E-state index in [1.165, 1.54) is 64.2 Å². The highest BCUT2D eigenvalue weighted by Gasteiger charge is 2.14. The van der Waals surface area contributed by atoms with Crippen molar-refractivity contribution in [2.75, 3.05) is 152 Å². The highest BCUT2D eigenvalue weighted by Crippen LogP contribution is 2.11. The molecule has 0 aromatic rings. The van der Waals surface area contributed by atoms with Gasteiger partial charge < -0.3 is 61.9 Å². The monoisotopic (exact) mass is 813 g/mol. The molecule has 0 aliphatic heterocycles. The number of carbonyl (C=O) groups excluding carboxylic acids is 2. The number of hydrogen-bond donors (Lipinski definition) is 1. The van der Waals surface area contributed by atoms with Crippen LogP contribution < -0.4 is 0 Å². The first kappa shape index (κ1) is 54.2. The number of aliphatic carboxylic acids is 1. The Bertz CT molecular complexity index is 834. The van der Waals surface area contributed by atoms with Crippen LogP contribution in [0.1, 0.15) is 90.4 Å². The molecule has 0 aliphatic carbocycles. The predicted molar refractivity (Wildman–Crippen MR) is 208 cm³/mol. The third-order valence-corrected chi connectivity index (χ3v) is 7.90. The number of carbonyl (C=O) groups is 3. The van der Waals surface area contributed by atoms with Crippen molar-refractivity contribution in [1.29, 1.82) is 0 Å². The van der Waals surface area contributed by atoms with Crippen molar-refractivity contribution in [2.45, 2.75) is 90.4 Å². The van der Waals surface area contributed by atoms with Gasteiger partial charge in [-0.1, -0.05) is 71.1 Å². The van der Waals surface area contributed by atoms with E-state index in [9.17, 15) is 14.4 Å². The zero-order valence-electron chi connectivity index (χ0n) is 34.5. The lowest BCUT2D eigenvalue weighted by atomic mass is 10.1. The van der Waals surface area contributed by atoms with E-state index < -0.39 is 17.7 Å². The molecule has 1 N–H and O–H groups in total. The molecule has 56 heavy (non-hydrogen) atoms. The number of ketones is 1. The molecule has 0 saturated carbocycles. The van der Waals surface area contributed by atoms with Gasteiger partial charge in [0.15, 0.2) is 0 Å². The number of Topliss-reactive ketones (excluding diaryl/α,β-unsaturated/α-hetero) is 1. The minimum absolute atomic E-state index is 0.0147. The number of esters is 1. The smallest absolute Gasteiger partial charge is 0.372 e. The predicted octanol–water partition coefficient (Wildman–Crippen LogP) is 4.46. The molecule has 0 heterocycles. The van der Waals surface area contributed by atoms with Crippen LogP contribution in [0.2, 0.25) is 0 Å². The standard InChI is InChI=1S/C40H76O16/c1-2-3-4-5-6-7-8-9-10-11-12-15-45-16-17-46-18-19-47-20-21-48-22-23-49-24-25-50-26-27-51-28-29-52-30-31-53-32-33-54-34-35-55-36-37-56-39(42)14-13-38(41)40(43)44/h2-37H2,1H3,(H,43,44). The molecule has 0 amide bonds. The van der Waals surface area contributed by atoms with Gasteiger partial charge in [0, 0.05) is 13.0 Å². The second-order valence-corrected chi connectivity index (χ2v) is 12.7. The molecule has 0 atom stereocenters. The van der Waals surface area contributed by atoms with Gasteiger partial charge in [0.25, 0.3) is 0 Å². The fourth-order valence-corrected chi connectivity index (χ4v) is 4.78. The molecule has 0 fully saturated rings. The molecule has 0 aromatic carbocycles. The number of rotatable bonds is 49. The van der Waals surface area contributed by atoms with Crippen LogP contribution in [0.25, 0.3) is 0 Å². The van der Waals surface area contributed by atoms with Crippen LogP contribution in [-0.4, -0.2) is 175 Å². The summed E-state index contributed by atoms with van der Waals surface area (Å²) in [4.78, 5) is 32.7. The van der Waals surface area contributed by atoms with Gasteiger partial charge in [-0.05, 0) is 6.42 Å². The molecule has 332 valence electrons. The summed E-state index contributed by atoms with van der Waals surface area (Å²) in [6.07, 6.45) is 14.1. The van der Waals surface area contributed by atoms with Gasteiger partial charge in [0.05, 0.1) is 145 Å². The molecule has 0 radical (unpaired) electrons. The summed E-state index contributed by atoms with van der Waals surface area (Å²) < 4.78 is 65.1. The van der Waals surface area contributed by atoms with E-state index in [0.29, 0.717) is 132 Å². The minimum atomic E-state index is -1.56. The highest BCUT2D eigenvalue weighted by molar-refractivity contribution is 6.32. The van der Waals surface area contributed by atoms with Gasteiger partial charge in [-0.25, -0.2) is 4.79 Å². The van der Waals surface area contributed by atoms with E-state index in [0.717, 1.165) is 13.0 Å². The summed E-state index contributed by atoms with van der Waals surface area (Å²) in [5.41, 5.74) is 0. The maximum Gasteiger partial charge on any atom is 0.372 e. The number of carboxylic acid groups (broad SMARTS) is 1. The van der Waals surface area contributed by atoms with Crippen molar-refractivity contribution in [3.05, 3.63) is 0 Å². The maximum absolute atomic E-state index is 11.4. The first-order valence-electron chi connectivity index (χ1n) is 20.8. The average Bonchev–Trinajstić information content (AvgIpc) is 3.19. The van der Waals surface area contributed by atoms with Crippen LogP contribution in [0.15, 0.2) is 0 Å². The second-order valence-electron chi connectivity index (χ2n) is 12.7. The summed E-state index contributed by atoms with van der Waals surface area (Å²) in [5.74, 6) is -3.23. The van der Waals surface area contributed by atoms with Crippen molar-refractivity contribution in [3.8, 4) is 0 Å². The Hall–Kier alpha value is -1.83. The number of carboxylic acids is 1. The SMILES string of the molecule is CCCCCCCCCCCCCOCCOCCOCCOCCOCCOCCOCCOCCOCCOCCOCCOC(=O)CCC(=O)C(=O)O. The van der Waals surface area contributed by atoms with Gasteiger partial charge in [-0.2, -0.15) is 0 Å². The molecule has 0 saturated heterocycles. The topological polar surface area (TPSA) is 182 Å². The molecular weight excluding hydrogens is 736 g/mol. The van der Waals surface area contributed by atoms with Crippen LogP contribution in [0.5, 0.6) is 0 Å². The lowest BCUT2D eigenvalue weighted by Crippen LogP contribution is -2.17. The molecule has 0 spiro atoms. The minimum Gasteiger partial charge on any atom is -0.476 e. The summed E-state index contributed by atoms with van der Waals surface area (Å²) in [5, 5.41) is 8.46. The van der Waals surface area contributed by atoms with Crippen molar-refractivity contribution < 1.29 is 76.3 Å². The largest absolute Gasteiger partial charge is 0.476 e. The zero-order chi connectivity index (χ0) is 40.7. The van der Waals surface area contributed by atoms with Crippen LogP contribution in [-0.2, 0) is 71.2 Å². The van der Waals surface area contributed by atoms with Gasteiger partial charge in [-0.3, -0.25) is 9.59 Å². The summed E-state index contributed by atoms with van der Waals surface area (Å²) >= 11 is 0. The molecular formula is C40H76O16. The summed E-state index contributed by atoms with van der Waals surface area (Å²) in [7, 11) is 0. The normalized spacial score (nSPS) is 11.4. The van der Waals surface area contributed by atoms with E-state index in [-0.39, 0.29) is 26.1 Å². The quantitative estimate of drug-likeness (QED) is 0.0516. The van der Waals surface area contributed by atoms with Crippen molar-refractivity contribution in [2.24, 2.45) is 0 Å². The zero-order valence-corrected chi connectivity index (χ0v) is 34.5. The molecule has 0 aliphatic rings. The molecule has 0 unspecified atom stereocenters. The van der Waals surface area contributed by atoms with E-state index in [2.05, 4.69) is 6.92 Å². The van der Waals surface area contributed by atoms with E-state index in [1.807, 2.05) is 0 Å². The Balaban J connectivity index is 3.11. The Morgan fingerprint density at radius 2 is 0.571 bits per heavy atom. The first-order valence-corrected chi connectivity index (χ1v) is 20.8. The Kier molecular flexibility index (Phi) is 46.0. The van der Waals surface area contributed by atoms with Crippen molar-refractivity contribution in [1.82, 2.24) is 0 Å². The van der Waals surface area contributed by atoms with Crippen molar-refractivity contribution >= 4 is 17.7 Å². The lowest BCUT2D eigenvalue weighted by molar-refractivity contribution is -0.151. The van der Waals surface area contributed by atoms with Crippen LogP contribution >= 0.6 is 0 Å². The van der Waals surface area contributed by atoms with E-state index in [4.69, 9.17) is 61.9 Å². The number of ether oxygens (including phenoxy) is 12. The average molecular weight is 813 g/mol. The fourth-order valence-electron chi connectivity index (χ4n) is 4.78. The lowest BCUT2D eigenvalue weighted by Gasteiger charge is -2.09. The van der Waals surface area contributed by atoms with Gasteiger partial charge in [0.2, 0.25) is 5.78 Å². The molecule has 0 rings (SSSR count). The van der Waals surface area contributed by atoms with E-state index in [1.54, 1.807) is 0 Å². The second kappa shape index (κ2) is 47.5. The Morgan fingerprint density at radius 1 is 0.321 bits per heavy atom. The molecule has 16 nitrogen and oxygen atoms in total. The molecule has 0 bridgehead atoms. The molecule has 0 aromatic heterocycles. The molecule has 16 heteroatoms. The van der Waals surface area contributed by atoms with E-state index >= 15 is 0 Å².